The fourth-order valence-electron chi connectivity index (χ4n) is 3.85. The first-order valence-electron chi connectivity index (χ1n) is 9.73. The number of halogens is 3. The summed E-state index contributed by atoms with van der Waals surface area (Å²) in [5.74, 6) is -1.75. The van der Waals surface area contributed by atoms with Gasteiger partial charge in [-0.3, -0.25) is 9.69 Å². The molecule has 3 heterocycles. The Balaban J connectivity index is 0.000000396. The SMILES string of the molecule is Cc1noc(C)c1CN1CC[C@H]2OCC[C@@]2(C(=O)NC(C)C)C1.O=C(O)C(F)(F)F. The van der Waals surface area contributed by atoms with E-state index in [1.165, 1.54) is 0 Å². The molecule has 0 unspecified atom stereocenters. The van der Waals surface area contributed by atoms with Crippen molar-refractivity contribution in [2.24, 2.45) is 5.41 Å². The standard InChI is InChI=1S/C17H27N3O3.C2HF3O2/c1-11(2)18-16(21)17-6-8-22-15(17)5-7-20(10-17)9-14-12(3)19-23-13(14)4;3-2(4,5)1(6)7/h11,15H,5-10H2,1-4H3,(H,18,21);(H,6,7)/t15-,17-;/m1./s1. The summed E-state index contributed by atoms with van der Waals surface area (Å²) < 4.78 is 42.9. The summed E-state index contributed by atoms with van der Waals surface area (Å²) >= 11 is 0. The molecule has 0 aromatic carbocycles. The maximum atomic E-state index is 12.8. The second-order valence-electron chi connectivity index (χ2n) is 8.00. The molecule has 0 saturated carbocycles. The number of hydrogen-bond donors (Lipinski definition) is 2. The normalized spacial score (nSPS) is 24.2. The molecule has 2 saturated heterocycles. The number of amides is 1. The lowest BCUT2D eigenvalue weighted by Gasteiger charge is -2.42. The first-order valence-corrected chi connectivity index (χ1v) is 9.73. The van der Waals surface area contributed by atoms with Crippen molar-refractivity contribution in [1.29, 1.82) is 0 Å². The highest BCUT2D eigenvalue weighted by molar-refractivity contribution is 5.84. The Labute approximate surface area is 172 Å². The largest absolute Gasteiger partial charge is 0.490 e. The number of carboxylic acids is 1. The van der Waals surface area contributed by atoms with Crippen LogP contribution in [-0.4, -0.2) is 65.1 Å². The third-order valence-electron chi connectivity index (χ3n) is 5.37. The van der Waals surface area contributed by atoms with Crippen LogP contribution in [-0.2, 0) is 20.9 Å². The molecule has 1 aromatic rings. The van der Waals surface area contributed by atoms with Crippen molar-refractivity contribution in [3.05, 3.63) is 17.0 Å². The van der Waals surface area contributed by atoms with Gasteiger partial charge in [-0.1, -0.05) is 5.16 Å². The zero-order valence-corrected chi connectivity index (χ0v) is 17.5. The number of carbonyl (C=O) groups is 2. The summed E-state index contributed by atoms with van der Waals surface area (Å²) in [5, 5.41) is 14.3. The van der Waals surface area contributed by atoms with Crippen molar-refractivity contribution in [2.75, 3.05) is 19.7 Å². The Morgan fingerprint density at radius 3 is 2.50 bits per heavy atom. The maximum Gasteiger partial charge on any atom is 0.490 e. The van der Waals surface area contributed by atoms with Crippen molar-refractivity contribution >= 4 is 11.9 Å². The van der Waals surface area contributed by atoms with E-state index >= 15 is 0 Å². The van der Waals surface area contributed by atoms with Crippen LogP contribution in [0.1, 0.15) is 43.7 Å². The van der Waals surface area contributed by atoms with Gasteiger partial charge in [0.2, 0.25) is 5.91 Å². The van der Waals surface area contributed by atoms with Crippen LogP contribution < -0.4 is 5.32 Å². The minimum Gasteiger partial charge on any atom is -0.475 e. The number of aryl methyl sites for hydroxylation is 2. The summed E-state index contributed by atoms with van der Waals surface area (Å²) in [6.07, 6.45) is -3.34. The summed E-state index contributed by atoms with van der Waals surface area (Å²) in [5.41, 5.74) is 1.66. The van der Waals surface area contributed by atoms with Gasteiger partial charge in [-0.05, 0) is 40.5 Å². The molecular weight excluding hydrogens is 407 g/mol. The lowest BCUT2D eigenvalue weighted by Crippen LogP contribution is -2.57. The molecule has 8 nitrogen and oxygen atoms in total. The Bertz CT molecular complexity index is 746. The molecule has 170 valence electrons. The van der Waals surface area contributed by atoms with Crippen LogP contribution in [0.3, 0.4) is 0 Å². The number of aliphatic carboxylic acids is 1. The van der Waals surface area contributed by atoms with Crippen LogP contribution in [0.25, 0.3) is 0 Å². The molecule has 2 fully saturated rings. The summed E-state index contributed by atoms with van der Waals surface area (Å²) in [6, 6.07) is 0.149. The number of nitrogens with one attached hydrogen (secondary N) is 1. The molecule has 3 rings (SSSR count). The zero-order valence-electron chi connectivity index (χ0n) is 17.5. The molecule has 2 atom stereocenters. The van der Waals surface area contributed by atoms with E-state index in [4.69, 9.17) is 19.2 Å². The summed E-state index contributed by atoms with van der Waals surface area (Å²) in [7, 11) is 0. The Morgan fingerprint density at radius 1 is 1.37 bits per heavy atom. The number of fused-ring (bicyclic) bond motifs is 1. The molecular formula is C19H28F3N3O5. The van der Waals surface area contributed by atoms with Gasteiger partial charge in [0.15, 0.2) is 0 Å². The van der Waals surface area contributed by atoms with Crippen LogP contribution in [0, 0.1) is 19.3 Å². The van der Waals surface area contributed by atoms with Crippen LogP contribution in [0.2, 0.25) is 0 Å². The molecule has 11 heteroatoms. The van der Waals surface area contributed by atoms with Crippen LogP contribution in [0.5, 0.6) is 0 Å². The maximum absolute atomic E-state index is 12.8. The smallest absolute Gasteiger partial charge is 0.475 e. The summed E-state index contributed by atoms with van der Waals surface area (Å²) in [6.45, 7) is 11.1. The number of rotatable bonds is 4. The average molecular weight is 435 g/mol. The van der Waals surface area contributed by atoms with Crippen molar-refractivity contribution in [3.8, 4) is 0 Å². The highest BCUT2D eigenvalue weighted by atomic mass is 19.4. The number of alkyl halides is 3. The molecule has 2 N–H and O–H groups in total. The number of aromatic nitrogens is 1. The van der Waals surface area contributed by atoms with Crippen molar-refractivity contribution in [2.45, 2.75) is 65.4 Å². The van der Waals surface area contributed by atoms with Gasteiger partial charge in [0.05, 0.1) is 17.2 Å². The number of ether oxygens (including phenoxy) is 1. The van der Waals surface area contributed by atoms with E-state index in [1.54, 1.807) is 0 Å². The molecule has 0 bridgehead atoms. The number of piperidine rings is 1. The number of nitrogens with zero attached hydrogens (tertiary/aromatic N) is 2. The first-order chi connectivity index (χ1) is 13.9. The Hall–Kier alpha value is -2.14. The van der Waals surface area contributed by atoms with Gasteiger partial charge in [0.25, 0.3) is 0 Å². The van der Waals surface area contributed by atoms with E-state index < -0.39 is 17.6 Å². The fourth-order valence-corrected chi connectivity index (χ4v) is 3.85. The molecule has 1 aromatic heterocycles. The Morgan fingerprint density at radius 2 is 2.00 bits per heavy atom. The number of hydrogen-bond acceptors (Lipinski definition) is 6. The zero-order chi connectivity index (χ0) is 22.7. The molecule has 0 spiro atoms. The van der Waals surface area contributed by atoms with E-state index in [0.717, 1.165) is 49.5 Å². The molecule has 30 heavy (non-hydrogen) atoms. The highest BCUT2D eigenvalue weighted by Crippen LogP contribution is 2.41. The van der Waals surface area contributed by atoms with Gasteiger partial charge in [-0.15, -0.1) is 0 Å². The van der Waals surface area contributed by atoms with Gasteiger partial charge >= 0.3 is 12.1 Å². The van der Waals surface area contributed by atoms with Gasteiger partial charge in [0.1, 0.15) is 5.76 Å². The second kappa shape index (κ2) is 9.34. The fraction of sp³-hybridized carbons (Fsp3) is 0.737. The van der Waals surface area contributed by atoms with E-state index in [2.05, 4.69) is 15.4 Å². The van der Waals surface area contributed by atoms with E-state index in [1.807, 2.05) is 27.7 Å². The molecule has 0 aliphatic carbocycles. The second-order valence-corrected chi connectivity index (χ2v) is 8.00. The quantitative estimate of drug-likeness (QED) is 0.748. The first kappa shape index (κ1) is 24.1. The van der Waals surface area contributed by atoms with Gasteiger partial charge in [-0.2, -0.15) is 13.2 Å². The highest BCUT2D eigenvalue weighted by Gasteiger charge is 2.53. The Kier molecular flexibility index (Phi) is 7.51. The van der Waals surface area contributed by atoms with Gasteiger partial charge in [-0.25, -0.2) is 4.79 Å². The van der Waals surface area contributed by atoms with E-state index in [9.17, 15) is 18.0 Å². The van der Waals surface area contributed by atoms with E-state index in [-0.39, 0.29) is 18.1 Å². The molecule has 2 aliphatic heterocycles. The van der Waals surface area contributed by atoms with Gasteiger partial charge in [0, 0.05) is 37.8 Å². The molecule has 0 radical (unpaired) electrons. The van der Waals surface area contributed by atoms with E-state index in [0.29, 0.717) is 6.61 Å². The monoisotopic (exact) mass is 435 g/mol. The number of carboxylic acid groups (broad SMARTS) is 1. The third-order valence-corrected chi connectivity index (χ3v) is 5.37. The topological polar surface area (TPSA) is 105 Å². The lowest BCUT2D eigenvalue weighted by molar-refractivity contribution is -0.192. The summed E-state index contributed by atoms with van der Waals surface area (Å²) in [4.78, 5) is 24.1. The van der Waals surface area contributed by atoms with Gasteiger partial charge < -0.3 is 19.7 Å². The minimum atomic E-state index is -5.08. The number of carbonyl (C=O) groups excluding carboxylic acids is 1. The van der Waals surface area contributed by atoms with Crippen LogP contribution >= 0.6 is 0 Å². The predicted octanol–water partition coefficient (Wildman–Crippen LogP) is 2.43. The van der Waals surface area contributed by atoms with Crippen LogP contribution in [0.4, 0.5) is 13.2 Å². The predicted molar refractivity (Wildman–Crippen MR) is 99.6 cm³/mol. The minimum absolute atomic E-state index is 0.0437. The molecule has 1 amide bonds. The van der Waals surface area contributed by atoms with Crippen molar-refractivity contribution < 1.29 is 37.1 Å². The van der Waals surface area contributed by atoms with Crippen LogP contribution in [0.15, 0.2) is 4.52 Å². The average Bonchev–Trinajstić information content (AvgIpc) is 3.20. The lowest BCUT2D eigenvalue weighted by atomic mass is 9.75. The van der Waals surface area contributed by atoms with Crippen molar-refractivity contribution in [3.63, 3.8) is 0 Å². The number of likely N-dealkylation sites (tertiary alicyclic amines) is 1. The third kappa shape index (κ3) is 5.51. The van der Waals surface area contributed by atoms with Crippen molar-refractivity contribution in [1.82, 2.24) is 15.4 Å². The molecule has 2 aliphatic rings.